The molecule has 1 rings (SSSR count). The smallest absolute Gasteiger partial charge is 0.241 e. The molecule has 0 aliphatic carbocycles. The Kier molecular flexibility index (Phi) is 6.89. The van der Waals surface area contributed by atoms with Crippen molar-refractivity contribution in [1.29, 1.82) is 0 Å². The highest BCUT2D eigenvalue weighted by atomic mass is 79.9. The van der Waals surface area contributed by atoms with Crippen LogP contribution in [0.3, 0.4) is 0 Å². The van der Waals surface area contributed by atoms with Gasteiger partial charge in [-0.25, -0.2) is 13.1 Å². The van der Waals surface area contributed by atoms with Gasteiger partial charge in [0.1, 0.15) is 0 Å². The molecule has 0 heterocycles. The van der Waals surface area contributed by atoms with E-state index in [1.807, 2.05) is 0 Å². The van der Waals surface area contributed by atoms with Gasteiger partial charge in [0.25, 0.3) is 0 Å². The van der Waals surface area contributed by atoms with Gasteiger partial charge in [-0.05, 0) is 53.4 Å². The molecule has 0 saturated carbocycles. The molecule has 8 heteroatoms. The van der Waals surface area contributed by atoms with Crippen LogP contribution in [-0.4, -0.2) is 20.0 Å². The minimum atomic E-state index is -3.51. The first-order valence-corrected chi connectivity index (χ1v) is 9.03. The Morgan fingerprint density at radius 1 is 1.32 bits per heavy atom. The summed E-state index contributed by atoms with van der Waals surface area (Å²) in [6, 6.07) is 5.01. The highest BCUT2D eigenvalue weighted by Gasteiger charge is 2.17. The highest BCUT2D eigenvalue weighted by molar-refractivity contribution is 9.11. The topological polar surface area (TPSA) is 72.2 Å². The first-order chi connectivity index (χ1) is 8.83. The van der Waals surface area contributed by atoms with Crippen molar-refractivity contribution in [2.75, 3.05) is 6.54 Å². The lowest BCUT2D eigenvalue weighted by Gasteiger charge is -2.08. The fourth-order valence-electron chi connectivity index (χ4n) is 1.39. The summed E-state index contributed by atoms with van der Waals surface area (Å²) < 4.78 is 28.0. The van der Waals surface area contributed by atoms with Crippen LogP contribution in [0.2, 0.25) is 0 Å². The summed E-state index contributed by atoms with van der Waals surface area (Å²) in [7, 11) is -3.51. The van der Waals surface area contributed by atoms with Crippen LogP contribution in [-0.2, 0) is 10.0 Å². The van der Waals surface area contributed by atoms with E-state index in [-0.39, 0.29) is 4.90 Å². The Hall–Kier alpha value is -0.0200. The molecule has 19 heavy (non-hydrogen) atoms. The summed E-state index contributed by atoms with van der Waals surface area (Å²) in [5.74, 6) is 0. The molecule has 0 atom stereocenters. The van der Waals surface area contributed by atoms with Crippen LogP contribution in [0.25, 0.3) is 0 Å². The summed E-state index contributed by atoms with van der Waals surface area (Å²) in [6.07, 6.45) is 2.11. The van der Waals surface area contributed by atoms with Gasteiger partial charge in [-0.2, -0.15) is 0 Å². The molecule has 4 nitrogen and oxygen atoms in total. The van der Waals surface area contributed by atoms with Gasteiger partial charge < -0.3 is 5.73 Å². The third-order valence-corrected chi connectivity index (χ3v) is 5.48. The monoisotopic (exact) mass is 428 g/mol. The van der Waals surface area contributed by atoms with Crippen molar-refractivity contribution >= 4 is 59.1 Å². The summed E-state index contributed by atoms with van der Waals surface area (Å²) in [5.41, 5.74) is 5.37. The zero-order valence-corrected chi connectivity index (χ0v) is 14.8. The summed E-state index contributed by atoms with van der Waals surface area (Å²) in [6.45, 7) is 0.365. The van der Waals surface area contributed by atoms with E-state index in [2.05, 4.69) is 36.6 Å². The summed E-state index contributed by atoms with van der Waals surface area (Å²) >= 11 is 11.2. The van der Waals surface area contributed by atoms with Gasteiger partial charge in [0.15, 0.2) is 0 Å². The van der Waals surface area contributed by atoms with E-state index < -0.39 is 10.0 Å². The van der Waals surface area contributed by atoms with Crippen LogP contribution < -0.4 is 10.5 Å². The molecule has 1 aromatic rings. The molecule has 0 spiro atoms. The van der Waals surface area contributed by atoms with E-state index in [1.54, 1.807) is 18.2 Å². The number of benzene rings is 1. The first-order valence-electron chi connectivity index (χ1n) is 5.56. The first kappa shape index (κ1) is 17.0. The van der Waals surface area contributed by atoms with Crippen LogP contribution in [0.4, 0.5) is 0 Å². The highest BCUT2D eigenvalue weighted by Crippen LogP contribution is 2.25. The molecule has 1 aromatic carbocycles. The number of unbranched alkanes of at least 4 members (excludes halogenated alkanes) is 1. The summed E-state index contributed by atoms with van der Waals surface area (Å²) in [4.78, 5) is 0.675. The quantitative estimate of drug-likeness (QED) is 0.516. The van der Waals surface area contributed by atoms with Gasteiger partial charge in [0, 0.05) is 15.5 Å². The normalized spacial score (nSPS) is 11.5. The Bertz CT molecular complexity index is 562. The fraction of sp³-hybridized carbons (Fsp3) is 0.364. The van der Waals surface area contributed by atoms with Gasteiger partial charge >= 0.3 is 0 Å². The fourth-order valence-corrected chi connectivity index (χ4v) is 4.11. The average Bonchev–Trinajstić information content (AvgIpc) is 2.31. The van der Waals surface area contributed by atoms with Crippen LogP contribution >= 0.6 is 44.1 Å². The lowest BCUT2D eigenvalue weighted by atomic mass is 10.2. The van der Waals surface area contributed by atoms with Gasteiger partial charge in [-0.3, -0.25) is 0 Å². The number of nitrogens with two attached hydrogens (primary N) is 1. The molecular weight excluding hydrogens is 416 g/mol. The maximum atomic E-state index is 12.1. The van der Waals surface area contributed by atoms with Crippen molar-refractivity contribution in [1.82, 2.24) is 4.72 Å². The molecule has 0 saturated heterocycles. The molecule has 0 unspecified atom stereocenters. The van der Waals surface area contributed by atoms with Crippen molar-refractivity contribution < 1.29 is 8.42 Å². The SMILES string of the molecule is NC(=S)CCCCNS(=O)(=O)c1cc(Br)ccc1Br. The number of hydrogen-bond acceptors (Lipinski definition) is 3. The molecule has 0 radical (unpaired) electrons. The zero-order chi connectivity index (χ0) is 14.5. The van der Waals surface area contributed by atoms with E-state index in [9.17, 15) is 8.42 Å². The molecule has 0 aliphatic rings. The zero-order valence-electron chi connectivity index (χ0n) is 10.0. The summed E-state index contributed by atoms with van der Waals surface area (Å²) in [5, 5.41) is 0. The van der Waals surface area contributed by atoms with Gasteiger partial charge in [-0.15, -0.1) is 0 Å². The molecular formula is C11H14Br2N2O2S2. The average molecular weight is 430 g/mol. The largest absolute Gasteiger partial charge is 0.393 e. The minimum Gasteiger partial charge on any atom is -0.393 e. The molecule has 3 N–H and O–H groups in total. The number of halogens is 2. The van der Waals surface area contributed by atoms with Crippen molar-refractivity contribution in [3.05, 3.63) is 27.1 Å². The third-order valence-electron chi connectivity index (χ3n) is 2.32. The lowest BCUT2D eigenvalue weighted by molar-refractivity contribution is 0.577. The minimum absolute atomic E-state index is 0.219. The molecule has 0 amide bonds. The van der Waals surface area contributed by atoms with E-state index in [0.717, 1.165) is 6.42 Å². The van der Waals surface area contributed by atoms with Crippen molar-refractivity contribution in [2.24, 2.45) is 5.73 Å². The standard InChI is InChI=1S/C11H14Br2N2O2S2/c12-8-4-5-9(13)10(7-8)19(16,17)15-6-2-1-3-11(14)18/h4-5,7,15H,1-3,6H2,(H2,14,18). The van der Waals surface area contributed by atoms with Crippen LogP contribution in [0.1, 0.15) is 19.3 Å². The maximum Gasteiger partial charge on any atom is 0.241 e. The Morgan fingerprint density at radius 2 is 2.00 bits per heavy atom. The second-order valence-electron chi connectivity index (χ2n) is 3.90. The number of sulfonamides is 1. The van der Waals surface area contributed by atoms with Crippen LogP contribution in [0.15, 0.2) is 32.0 Å². The maximum absolute atomic E-state index is 12.1. The molecule has 0 aliphatic heterocycles. The third kappa shape index (κ3) is 5.86. The van der Waals surface area contributed by atoms with E-state index in [0.29, 0.717) is 33.3 Å². The van der Waals surface area contributed by atoms with Crippen LogP contribution in [0, 0.1) is 0 Å². The van der Waals surface area contributed by atoms with E-state index in [1.165, 1.54) is 0 Å². The number of hydrogen-bond donors (Lipinski definition) is 2. The van der Waals surface area contributed by atoms with Crippen molar-refractivity contribution in [2.45, 2.75) is 24.2 Å². The Balaban J connectivity index is 2.61. The Labute approximate surface area is 135 Å². The molecule has 0 aromatic heterocycles. The molecule has 0 bridgehead atoms. The Morgan fingerprint density at radius 3 is 2.63 bits per heavy atom. The van der Waals surface area contributed by atoms with Gasteiger partial charge in [0.2, 0.25) is 10.0 Å². The van der Waals surface area contributed by atoms with E-state index >= 15 is 0 Å². The lowest BCUT2D eigenvalue weighted by Crippen LogP contribution is -2.25. The number of thiocarbonyl (C=S) groups is 1. The second kappa shape index (κ2) is 7.68. The number of nitrogens with one attached hydrogen (secondary N) is 1. The molecule has 106 valence electrons. The van der Waals surface area contributed by atoms with Crippen molar-refractivity contribution in [3.63, 3.8) is 0 Å². The predicted octanol–water partition coefficient (Wildman–Crippen LogP) is 2.95. The van der Waals surface area contributed by atoms with Gasteiger partial charge in [0.05, 0.1) is 9.88 Å². The second-order valence-corrected chi connectivity index (χ2v) is 7.93. The van der Waals surface area contributed by atoms with Gasteiger partial charge in [-0.1, -0.05) is 28.1 Å². The predicted molar refractivity (Wildman–Crippen MR) is 87.7 cm³/mol. The number of rotatable bonds is 7. The van der Waals surface area contributed by atoms with Crippen molar-refractivity contribution in [3.8, 4) is 0 Å². The molecule has 0 fully saturated rings. The van der Waals surface area contributed by atoms with Crippen LogP contribution in [0.5, 0.6) is 0 Å². The van der Waals surface area contributed by atoms with E-state index in [4.69, 9.17) is 18.0 Å².